The van der Waals surface area contributed by atoms with E-state index in [0.29, 0.717) is 25.4 Å². The smallest absolute Gasteiger partial charge is 0.746 e. The van der Waals surface area contributed by atoms with Crippen LogP contribution in [0.5, 0.6) is 0 Å². The molecule has 0 radical (unpaired) electrons. The molecule has 2 heterocycles. The Morgan fingerprint density at radius 3 is 2.39 bits per heavy atom. The molecule has 228 valence electrons. The monoisotopic (exact) mass is 610 g/mol. The minimum Gasteiger partial charge on any atom is -0.746 e. The first-order chi connectivity index (χ1) is 18.8. The molecule has 1 aliphatic carbocycles. The number of hydrogen-bond donors (Lipinski definition) is 4. The first-order valence-electron chi connectivity index (χ1n) is 14.2. The van der Waals surface area contributed by atoms with Crippen LogP contribution in [0.1, 0.15) is 71.6 Å². The maximum absolute atomic E-state index is 13.1. The van der Waals surface area contributed by atoms with Gasteiger partial charge in [-0.2, -0.15) is 0 Å². The molecular weight excluding hydrogens is 567 g/mol. The van der Waals surface area contributed by atoms with Gasteiger partial charge in [0, 0.05) is 37.9 Å². The molecule has 5 atom stereocenters. The Bertz CT molecular complexity index is 1020. The van der Waals surface area contributed by atoms with Crippen molar-refractivity contribution in [1.82, 2.24) is 20.9 Å². The third-order valence-corrected chi connectivity index (χ3v) is 8.85. The van der Waals surface area contributed by atoms with Gasteiger partial charge in [-0.05, 0) is 43.9 Å². The molecule has 3 aliphatic rings. The summed E-state index contributed by atoms with van der Waals surface area (Å²) in [5.41, 5.74) is -2.46. The van der Waals surface area contributed by atoms with Gasteiger partial charge in [0.2, 0.25) is 17.7 Å². The van der Waals surface area contributed by atoms with E-state index in [9.17, 15) is 37.3 Å². The summed E-state index contributed by atoms with van der Waals surface area (Å²) in [6, 6.07) is -2.70. The van der Waals surface area contributed by atoms with Gasteiger partial charge in [-0.3, -0.25) is 14.4 Å². The zero-order valence-electron chi connectivity index (χ0n) is 24.3. The van der Waals surface area contributed by atoms with Crippen LogP contribution in [0, 0.1) is 23.7 Å². The minimum atomic E-state index is -5.20. The van der Waals surface area contributed by atoms with Crippen molar-refractivity contribution < 1.29 is 71.5 Å². The second kappa shape index (κ2) is 16.4. The topological polar surface area (TPSA) is 194 Å². The number of carbonyl (C=O) groups is 4. The fourth-order valence-electron chi connectivity index (χ4n) is 5.81. The van der Waals surface area contributed by atoms with Crippen molar-refractivity contribution in [3.63, 3.8) is 0 Å². The van der Waals surface area contributed by atoms with E-state index in [-0.39, 0.29) is 79.1 Å². The Morgan fingerprint density at radius 1 is 1.12 bits per heavy atom. The molecule has 0 aromatic carbocycles. The van der Waals surface area contributed by atoms with E-state index in [1.165, 1.54) is 19.3 Å². The average molecular weight is 611 g/mol. The van der Waals surface area contributed by atoms with Crippen LogP contribution in [-0.2, 0) is 29.2 Å². The van der Waals surface area contributed by atoms with Crippen molar-refractivity contribution in [2.75, 3.05) is 26.2 Å². The minimum absolute atomic E-state index is 0. The Hall–Kier alpha value is -1.45. The molecule has 2 saturated heterocycles. The summed E-state index contributed by atoms with van der Waals surface area (Å²) in [4.78, 5) is 52.0. The second-order valence-corrected chi connectivity index (χ2v) is 13.3. The predicted molar refractivity (Wildman–Crippen MR) is 142 cm³/mol. The van der Waals surface area contributed by atoms with Crippen molar-refractivity contribution in [2.24, 2.45) is 23.7 Å². The summed E-state index contributed by atoms with van der Waals surface area (Å²) in [6.45, 7) is 5.23. The molecule has 0 bridgehead atoms. The number of likely N-dealkylation sites (tertiary alicyclic amines) is 1. The van der Waals surface area contributed by atoms with Crippen LogP contribution in [-0.4, -0.2) is 90.6 Å². The molecule has 4 amide bonds. The van der Waals surface area contributed by atoms with Crippen molar-refractivity contribution >= 4 is 33.9 Å². The predicted octanol–water partition coefficient (Wildman–Crippen LogP) is -2.57. The second-order valence-electron chi connectivity index (χ2n) is 11.8. The summed E-state index contributed by atoms with van der Waals surface area (Å²) < 4.78 is 39.9. The van der Waals surface area contributed by atoms with Crippen molar-refractivity contribution in [2.45, 2.75) is 89.2 Å². The van der Waals surface area contributed by atoms with Gasteiger partial charge in [-0.25, -0.2) is 13.2 Å². The normalized spacial score (nSPS) is 23.9. The molecular formula is C26H43N4NaO9S. The van der Waals surface area contributed by atoms with Crippen LogP contribution in [0.3, 0.4) is 0 Å². The molecule has 41 heavy (non-hydrogen) atoms. The van der Waals surface area contributed by atoms with Gasteiger partial charge in [0.25, 0.3) is 0 Å². The molecule has 3 rings (SSSR count). The van der Waals surface area contributed by atoms with E-state index in [2.05, 4.69) is 16.0 Å². The van der Waals surface area contributed by atoms with Gasteiger partial charge in [0.1, 0.15) is 16.2 Å². The van der Waals surface area contributed by atoms with Crippen LogP contribution < -0.4 is 45.5 Å². The number of aliphatic hydroxyl groups excluding tert-OH is 1. The van der Waals surface area contributed by atoms with Gasteiger partial charge in [-0.15, -0.1) is 0 Å². The SMILES string of the molecule is CC(C)C[C@H](NC(=O)OCC1CC(=O)N(CC2CCCCC2)C1)C(=O)N[C@@H](C[C@@H]1CCNC1=O)C(O)S(=O)(=O)[O-].[Na+]. The molecule has 0 aromatic rings. The third-order valence-electron chi connectivity index (χ3n) is 7.93. The van der Waals surface area contributed by atoms with E-state index in [1.54, 1.807) is 0 Å². The number of carbonyl (C=O) groups excluding carboxylic acids is 4. The number of rotatable bonds is 13. The fourth-order valence-corrected chi connectivity index (χ4v) is 6.39. The molecule has 2 unspecified atom stereocenters. The van der Waals surface area contributed by atoms with Gasteiger partial charge in [0.15, 0.2) is 5.44 Å². The van der Waals surface area contributed by atoms with Crippen molar-refractivity contribution in [3.8, 4) is 0 Å². The number of nitrogens with one attached hydrogen (secondary N) is 3. The van der Waals surface area contributed by atoms with Crippen molar-refractivity contribution in [1.29, 1.82) is 0 Å². The van der Waals surface area contributed by atoms with Gasteiger partial charge >= 0.3 is 35.7 Å². The first kappa shape index (κ1) is 35.7. The number of ether oxygens (including phenoxy) is 1. The zero-order valence-corrected chi connectivity index (χ0v) is 27.1. The number of amides is 4. The average Bonchev–Trinajstić information content (AvgIpc) is 3.45. The van der Waals surface area contributed by atoms with E-state index < -0.39 is 45.6 Å². The summed E-state index contributed by atoms with van der Waals surface area (Å²) in [7, 11) is -5.20. The quantitative estimate of drug-likeness (QED) is 0.128. The molecule has 13 nitrogen and oxygen atoms in total. The summed E-state index contributed by atoms with van der Waals surface area (Å²) in [5.74, 6) is -1.52. The maximum atomic E-state index is 13.1. The number of nitrogens with zero attached hydrogens (tertiary/aromatic N) is 1. The van der Waals surface area contributed by atoms with Crippen LogP contribution in [0.4, 0.5) is 4.79 Å². The zero-order chi connectivity index (χ0) is 29.4. The van der Waals surface area contributed by atoms with Crippen LogP contribution in [0.25, 0.3) is 0 Å². The van der Waals surface area contributed by atoms with Gasteiger partial charge in [0.05, 0.1) is 12.6 Å². The first-order valence-corrected chi connectivity index (χ1v) is 15.7. The molecule has 0 spiro atoms. The Labute approximate surface area is 264 Å². The number of aliphatic hydroxyl groups is 1. The van der Waals surface area contributed by atoms with E-state index in [4.69, 9.17) is 4.74 Å². The molecule has 3 fully saturated rings. The molecule has 4 N–H and O–H groups in total. The van der Waals surface area contributed by atoms with E-state index in [0.717, 1.165) is 19.4 Å². The largest absolute Gasteiger partial charge is 1.00 e. The van der Waals surface area contributed by atoms with Crippen LogP contribution in [0.15, 0.2) is 0 Å². The van der Waals surface area contributed by atoms with Crippen LogP contribution in [0.2, 0.25) is 0 Å². The molecule has 0 aromatic heterocycles. The van der Waals surface area contributed by atoms with Crippen LogP contribution >= 0.6 is 0 Å². The Balaban J connectivity index is 0.00000588. The standard InChI is InChI=1S/C26H44N4O9S.Na/c1-16(2)10-20(24(33)28-21(25(34)40(36,37)38)12-19-8-9-27-23(19)32)29-26(35)39-15-18-11-22(31)30(14-18)13-17-6-4-3-5-7-17;/h16-21,25,34H,3-15H2,1-2H3,(H,27,32)(H,28,33)(H,29,35)(H,36,37,38);/q;+1/p-1/t18?,19-,20-,21-,25?;/m0./s1. The van der Waals surface area contributed by atoms with Crippen molar-refractivity contribution in [3.05, 3.63) is 0 Å². The number of hydrogen-bond acceptors (Lipinski definition) is 9. The maximum Gasteiger partial charge on any atom is 1.00 e. The third kappa shape index (κ3) is 11.3. The van der Waals surface area contributed by atoms with Gasteiger partial charge in [-0.1, -0.05) is 33.1 Å². The van der Waals surface area contributed by atoms with E-state index >= 15 is 0 Å². The Kier molecular flexibility index (Phi) is 14.3. The fraction of sp³-hybridized carbons (Fsp3) is 0.846. The summed E-state index contributed by atoms with van der Waals surface area (Å²) in [5, 5.41) is 17.6. The van der Waals surface area contributed by atoms with E-state index in [1.807, 2.05) is 18.7 Å². The summed E-state index contributed by atoms with van der Waals surface area (Å²) >= 11 is 0. The van der Waals surface area contributed by atoms with Gasteiger partial charge < -0.3 is 35.2 Å². The summed E-state index contributed by atoms with van der Waals surface area (Å²) in [6.07, 6.45) is 5.54. The molecule has 15 heteroatoms. The Morgan fingerprint density at radius 2 is 1.80 bits per heavy atom. The molecule has 1 saturated carbocycles. The number of alkyl carbamates (subject to hydrolysis) is 1. The molecule has 2 aliphatic heterocycles.